The molecule has 3 heterocycles. The van der Waals surface area contributed by atoms with E-state index in [-0.39, 0.29) is 6.10 Å². The number of carboxylic acids is 1. The van der Waals surface area contributed by atoms with Crippen LogP contribution >= 0.6 is 0 Å². The molecule has 188 valence electrons. The zero-order chi connectivity index (χ0) is 25.7. The Balaban J connectivity index is 0.000000384. The number of carbonyl (C=O) groups is 1. The van der Waals surface area contributed by atoms with Gasteiger partial charge in [-0.1, -0.05) is 12.1 Å². The Morgan fingerprint density at radius 3 is 2.44 bits per heavy atom. The molecule has 0 radical (unpaired) electrons. The van der Waals surface area contributed by atoms with Crippen molar-refractivity contribution in [1.29, 1.82) is 5.26 Å². The van der Waals surface area contributed by atoms with E-state index in [1.54, 1.807) is 18.5 Å². The largest absolute Gasteiger partial charge is 0.490 e. The van der Waals surface area contributed by atoms with E-state index in [1.165, 1.54) is 12.8 Å². The summed E-state index contributed by atoms with van der Waals surface area (Å²) in [5.41, 5.74) is 2.25. The lowest BCUT2D eigenvalue weighted by molar-refractivity contribution is -0.192. The number of nitrogens with one attached hydrogen (secondary N) is 1. The highest BCUT2D eigenvalue weighted by atomic mass is 19.4. The average Bonchev–Trinajstić information content (AvgIpc) is 3.68. The number of nitrogens with zero attached hydrogens (tertiary/aromatic N) is 5. The molecule has 12 heteroatoms. The standard InChI is InChI=1S/C22H22N6O.C2HF3O2/c23-13-15-3-1-2-4-20(15)29-17-8-11-28(12-9-17)22-21(25-16-5-6-16)26-18-7-10-24-14-19(18)27-22;3-2(4,5)1(6)7/h1-4,7,10,14,16-17H,5-6,8-9,11-12H2,(H,25,26);(H,6,7). The maximum atomic E-state index is 10.6. The first-order valence-electron chi connectivity index (χ1n) is 11.3. The van der Waals surface area contributed by atoms with Crippen molar-refractivity contribution < 1.29 is 27.8 Å². The Kier molecular flexibility index (Phi) is 7.38. The van der Waals surface area contributed by atoms with Crippen molar-refractivity contribution in [3.05, 3.63) is 48.3 Å². The molecule has 1 aliphatic carbocycles. The Hall–Kier alpha value is -4.14. The molecule has 2 N–H and O–H groups in total. The van der Waals surface area contributed by atoms with Gasteiger partial charge in [-0.15, -0.1) is 0 Å². The molecule has 1 saturated carbocycles. The van der Waals surface area contributed by atoms with Crippen LogP contribution in [0.15, 0.2) is 42.7 Å². The van der Waals surface area contributed by atoms with Gasteiger partial charge >= 0.3 is 12.1 Å². The Morgan fingerprint density at radius 2 is 1.81 bits per heavy atom. The molecule has 0 amide bonds. The molecule has 0 spiro atoms. The average molecular weight is 500 g/mol. The summed E-state index contributed by atoms with van der Waals surface area (Å²) >= 11 is 0. The zero-order valence-corrected chi connectivity index (χ0v) is 19.1. The van der Waals surface area contributed by atoms with Crippen molar-refractivity contribution in [2.45, 2.75) is 44.0 Å². The van der Waals surface area contributed by atoms with Crippen LogP contribution in [-0.4, -0.2) is 57.4 Å². The smallest absolute Gasteiger partial charge is 0.489 e. The summed E-state index contributed by atoms with van der Waals surface area (Å²) in [5, 5.41) is 19.9. The number of hydrogen-bond acceptors (Lipinski definition) is 8. The van der Waals surface area contributed by atoms with Crippen molar-refractivity contribution in [2.75, 3.05) is 23.3 Å². The van der Waals surface area contributed by atoms with Crippen LogP contribution in [0, 0.1) is 11.3 Å². The van der Waals surface area contributed by atoms with Crippen LogP contribution in [-0.2, 0) is 4.79 Å². The summed E-state index contributed by atoms with van der Waals surface area (Å²) in [6.07, 6.45) is 2.63. The number of alkyl halides is 3. The van der Waals surface area contributed by atoms with E-state index in [9.17, 15) is 18.4 Å². The minimum absolute atomic E-state index is 0.0932. The van der Waals surface area contributed by atoms with Gasteiger partial charge in [0.2, 0.25) is 0 Å². The fourth-order valence-electron chi connectivity index (χ4n) is 3.66. The zero-order valence-electron chi connectivity index (χ0n) is 19.1. The third-order valence-corrected chi connectivity index (χ3v) is 5.65. The van der Waals surface area contributed by atoms with Crippen LogP contribution < -0.4 is 15.0 Å². The molecule has 2 aromatic heterocycles. The number of piperidine rings is 1. The number of benzene rings is 1. The van der Waals surface area contributed by atoms with Crippen molar-refractivity contribution in [3.8, 4) is 11.8 Å². The molecule has 1 aliphatic heterocycles. The second-order valence-electron chi connectivity index (χ2n) is 8.39. The first-order chi connectivity index (χ1) is 17.2. The first kappa shape index (κ1) is 25.0. The lowest BCUT2D eigenvalue weighted by atomic mass is 10.1. The van der Waals surface area contributed by atoms with E-state index in [0.717, 1.165) is 48.6 Å². The third-order valence-electron chi connectivity index (χ3n) is 5.65. The van der Waals surface area contributed by atoms with Gasteiger partial charge in [-0.3, -0.25) is 4.98 Å². The molecular formula is C24H23F3N6O3. The minimum Gasteiger partial charge on any atom is -0.489 e. The van der Waals surface area contributed by atoms with E-state index < -0.39 is 12.1 Å². The second kappa shape index (κ2) is 10.6. The van der Waals surface area contributed by atoms with Gasteiger partial charge in [0.05, 0.1) is 17.3 Å². The van der Waals surface area contributed by atoms with Crippen molar-refractivity contribution >= 4 is 28.6 Å². The second-order valence-corrected chi connectivity index (χ2v) is 8.39. The number of anilines is 2. The predicted molar refractivity (Wildman–Crippen MR) is 125 cm³/mol. The minimum atomic E-state index is -5.08. The van der Waals surface area contributed by atoms with Crippen LogP contribution in [0.3, 0.4) is 0 Å². The van der Waals surface area contributed by atoms with Gasteiger partial charge in [0.1, 0.15) is 23.4 Å². The quantitative estimate of drug-likeness (QED) is 0.532. The molecule has 36 heavy (non-hydrogen) atoms. The molecule has 2 aliphatic rings. The number of hydrogen-bond donors (Lipinski definition) is 2. The number of rotatable bonds is 5. The van der Waals surface area contributed by atoms with Gasteiger partial charge in [-0.2, -0.15) is 18.4 Å². The van der Waals surface area contributed by atoms with E-state index in [0.29, 0.717) is 17.4 Å². The van der Waals surface area contributed by atoms with E-state index in [2.05, 4.69) is 21.3 Å². The SMILES string of the molecule is N#Cc1ccccc1OC1CCN(c2nc3cnccc3nc2NC2CC2)CC1.O=C(O)C(F)(F)F. The van der Waals surface area contributed by atoms with Gasteiger partial charge in [0, 0.05) is 38.2 Å². The molecule has 1 aromatic carbocycles. The first-order valence-corrected chi connectivity index (χ1v) is 11.3. The van der Waals surface area contributed by atoms with Crippen molar-refractivity contribution in [2.24, 2.45) is 0 Å². The fraction of sp³-hybridized carbons (Fsp3) is 0.375. The predicted octanol–water partition coefficient (Wildman–Crippen LogP) is 4.15. The number of fused-ring (bicyclic) bond motifs is 1. The van der Waals surface area contributed by atoms with E-state index in [1.807, 2.05) is 24.3 Å². The normalized spacial score (nSPS) is 16.0. The number of aromatic nitrogens is 3. The number of halogens is 3. The summed E-state index contributed by atoms with van der Waals surface area (Å²) in [6.45, 7) is 1.67. The molecule has 0 unspecified atom stereocenters. The monoisotopic (exact) mass is 500 g/mol. The molecule has 5 rings (SSSR count). The van der Waals surface area contributed by atoms with Crippen molar-refractivity contribution in [1.82, 2.24) is 15.0 Å². The summed E-state index contributed by atoms with van der Waals surface area (Å²) < 4.78 is 37.9. The number of nitriles is 1. The topological polar surface area (TPSA) is 124 Å². The third kappa shape index (κ3) is 6.29. The summed E-state index contributed by atoms with van der Waals surface area (Å²) in [7, 11) is 0. The lowest BCUT2D eigenvalue weighted by Gasteiger charge is -2.34. The van der Waals surface area contributed by atoms with E-state index in [4.69, 9.17) is 24.6 Å². The van der Waals surface area contributed by atoms with Crippen molar-refractivity contribution in [3.63, 3.8) is 0 Å². The number of para-hydroxylation sites is 1. The Bertz CT molecular complexity index is 1270. The van der Waals surface area contributed by atoms with Crippen LogP contribution in [0.5, 0.6) is 5.75 Å². The van der Waals surface area contributed by atoms with Gasteiger partial charge in [0.15, 0.2) is 11.6 Å². The Labute approximate surface area is 204 Å². The van der Waals surface area contributed by atoms with Gasteiger partial charge in [-0.25, -0.2) is 14.8 Å². The van der Waals surface area contributed by atoms with Crippen LogP contribution in [0.4, 0.5) is 24.8 Å². The Morgan fingerprint density at radius 1 is 1.11 bits per heavy atom. The highest BCUT2D eigenvalue weighted by molar-refractivity contribution is 5.80. The molecule has 0 bridgehead atoms. The van der Waals surface area contributed by atoms with Crippen LogP contribution in [0.1, 0.15) is 31.2 Å². The number of pyridine rings is 1. The van der Waals surface area contributed by atoms with Crippen LogP contribution in [0.2, 0.25) is 0 Å². The summed E-state index contributed by atoms with van der Waals surface area (Å²) in [6, 6.07) is 12.0. The molecule has 1 saturated heterocycles. The number of carboxylic acid groups (broad SMARTS) is 1. The maximum absolute atomic E-state index is 10.6. The van der Waals surface area contributed by atoms with Gasteiger partial charge in [0.25, 0.3) is 0 Å². The maximum Gasteiger partial charge on any atom is 0.490 e. The van der Waals surface area contributed by atoms with Gasteiger partial charge in [-0.05, 0) is 31.0 Å². The highest BCUT2D eigenvalue weighted by Crippen LogP contribution is 2.32. The molecule has 3 aromatic rings. The number of ether oxygens (including phenoxy) is 1. The molecular weight excluding hydrogens is 477 g/mol. The molecule has 9 nitrogen and oxygen atoms in total. The van der Waals surface area contributed by atoms with Crippen LogP contribution in [0.25, 0.3) is 11.0 Å². The summed E-state index contributed by atoms with van der Waals surface area (Å²) in [5.74, 6) is -0.331. The fourth-order valence-corrected chi connectivity index (χ4v) is 3.66. The lowest BCUT2D eigenvalue weighted by Crippen LogP contribution is -2.39. The summed E-state index contributed by atoms with van der Waals surface area (Å²) in [4.78, 5) is 25.1. The van der Waals surface area contributed by atoms with E-state index >= 15 is 0 Å². The van der Waals surface area contributed by atoms with Gasteiger partial charge < -0.3 is 20.1 Å². The molecule has 2 fully saturated rings. The number of aliphatic carboxylic acids is 1. The highest BCUT2D eigenvalue weighted by Gasteiger charge is 2.38. The molecule has 0 atom stereocenters.